The second-order valence-corrected chi connectivity index (χ2v) is 6.16. The lowest BCUT2D eigenvalue weighted by molar-refractivity contribution is -0.138. The Morgan fingerprint density at radius 2 is 1.95 bits per heavy atom. The van der Waals surface area contributed by atoms with Crippen molar-refractivity contribution in [3.8, 4) is 5.75 Å². The van der Waals surface area contributed by atoms with Crippen LogP contribution in [0.4, 0.5) is 0 Å². The summed E-state index contributed by atoms with van der Waals surface area (Å²) in [4.78, 5) is 24.9. The molecule has 1 amide bonds. The molecule has 0 saturated carbocycles. The summed E-state index contributed by atoms with van der Waals surface area (Å²) >= 11 is 3.31. The normalized spacial score (nSPS) is 11.1. The minimum atomic E-state index is -1.05. The molecule has 0 heterocycles. The third kappa shape index (κ3) is 3.96. The van der Waals surface area contributed by atoms with Crippen LogP contribution in [0.25, 0.3) is 0 Å². The molecule has 0 radical (unpaired) electrons. The molecule has 0 unspecified atom stereocenters. The quantitative estimate of drug-likeness (QED) is 0.912. The first kappa shape index (κ1) is 16.5. The first-order valence-electron chi connectivity index (χ1n) is 6.04. The molecule has 0 atom stereocenters. The average Bonchev–Trinajstić information content (AvgIpc) is 2.34. The molecule has 0 saturated heterocycles. The Bertz CT molecular complexity index is 522. The highest BCUT2D eigenvalue weighted by molar-refractivity contribution is 9.10. The van der Waals surface area contributed by atoms with Crippen molar-refractivity contribution in [2.45, 2.75) is 26.3 Å². The number of benzene rings is 1. The van der Waals surface area contributed by atoms with Crippen LogP contribution in [0.3, 0.4) is 0 Å². The number of carboxylic acids is 1. The predicted octanol–water partition coefficient (Wildman–Crippen LogP) is 2.78. The molecular formula is C14H18BrNO4. The number of rotatable bonds is 4. The van der Waals surface area contributed by atoms with Gasteiger partial charge in [0.25, 0.3) is 5.91 Å². The van der Waals surface area contributed by atoms with Crippen molar-refractivity contribution in [3.63, 3.8) is 0 Å². The fourth-order valence-electron chi connectivity index (χ4n) is 1.69. The summed E-state index contributed by atoms with van der Waals surface area (Å²) in [6.45, 7) is 5.03. The minimum Gasteiger partial charge on any atom is -0.497 e. The summed E-state index contributed by atoms with van der Waals surface area (Å²) in [6.07, 6.45) is 0. The lowest BCUT2D eigenvalue weighted by Crippen LogP contribution is -2.48. The number of hydrogen-bond donors (Lipinski definition) is 1. The van der Waals surface area contributed by atoms with Crippen molar-refractivity contribution in [2.24, 2.45) is 0 Å². The van der Waals surface area contributed by atoms with Crippen LogP contribution in [-0.2, 0) is 4.79 Å². The second kappa shape index (κ2) is 6.26. The number of carbonyl (C=O) groups excluding carboxylic acids is 1. The molecule has 20 heavy (non-hydrogen) atoms. The summed E-state index contributed by atoms with van der Waals surface area (Å²) in [5.74, 6) is -0.862. The highest BCUT2D eigenvalue weighted by Crippen LogP contribution is 2.26. The molecule has 5 nitrogen and oxygen atoms in total. The van der Waals surface area contributed by atoms with Gasteiger partial charge in [-0.1, -0.05) is 0 Å². The standard InChI is InChI=1S/C14H18BrNO4/c1-14(2,3)16(8-12(17)18)13(19)10-7-9(20-4)5-6-11(10)15/h5-7H,8H2,1-4H3,(H,17,18). The van der Waals surface area contributed by atoms with Crippen LogP contribution in [-0.4, -0.2) is 41.1 Å². The van der Waals surface area contributed by atoms with E-state index in [2.05, 4.69) is 15.9 Å². The van der Waals surface area contributed by atoms with Gasteiger partial charge in [-0.3, -0.25) is 9.59 Å². The topological polar surface area (TPSA) is 66.8 Å². The molecule has 0 aromatic heterocycles. The zero-order valence-electron chi connectivity index (χ0n) is 11.9. The number of carbonyl (C=O) groups is 2. The smallest absolute Gasteiger partial charge is 0.323 e. The van der Waals surface area contributed by atoms with E-state index < -0.39 is 11.5 Å². The average molecular weight is 344 g/mol. The van der Waals surface area contributed by atoms with Gasteiger partial charge < -0.3 is 14.7 Å². The molecule has 1 rings (SSSR count). The molecule has 110 valence electrons. The Morgan fingerprint density at radius 3 is 2.40 bits per heavy atom. The number of amides is 1. The highest BCUT2D eigenvalue weighted by Gasteiger charge is 2.30. The van der Waals surface area contributed by atoms with Crippen LogP contribution >= 0.6 is 15.9 Å². The maximum absolute atomic E-state index is 12.6. The molecule has 1 aromatic carbocycles. The number of nitrogens with zero attached hydrogens (tertiary/aromatic N) is 1. The molecule has 6 heteroatoms. The van der Waals surface area contributed by atoms with E-state index in [0.29, 0.717) is 15.8 Å². The predicted molar refractivity (Wildman–Crippen MR) is 79.1 cm³/mol. The van der Waals surface area contributed by atoms with E-state index in [4.69, 9.17) is 9.84 Å². The van der Waals surface area contributed by atoms with Crippen LogP contribution in [0, 0.1) is 0 Å². The van der Waals surface area contributed by atoms with Crippen LogP contribution in [0.2, 0.25) is 0 Å². The van der Waals surface area contributed by atoms with E-state index in [1.165, 1.54) is 12.0 Å². The lowest BCUT2D eigenvalue weighted by Gasteiger charge is -2.34. The number of aliphatic carboxylic acids is 1. The third-order valence-corrected chi connectivity index (χ3v) is 3.44. The van der Waals surface area contributed by atoms with E-state index in [0.717, 1.165) is 0 Å². The van der Waals surface area contributed by atoms with Crippen molar-refractivity contribution < 1.29 is 19.4 Å². The first-order chi connectivity index (χ1) is 9.16. The van der Waals surface area contributed by atoms with Gasteiger partial charge in [-0.05, 0) is 54.9 Å². The number of hydrogen-bond acceptors (Lipinski definition) is 3. The van der Waals surface area contributed by atoms with E-state index in [1.54, 1.807) is 39.0 Å². The molecule has 0 bridgehead atoms. The van der Waals surface area contributed by atoms with Gasteiger partial charge in [0.1, 0.15) is 12.3 Å². The first-order valence-corrected chi connectivity index (χ1v) is 6.83. The van der Waals surface area contributed by atoms with Crippen molar-refractivity contribution in [1.29, 1.82) is 0 Å². The zero-order valence-corrected chi connectivity index (χ0v) is 13.5. The maximum Gasteiger partial charge on any atom is 0.323 e. The zero-order chi connectivity index (χ0) is 15.5. The minimum absolute atomic E-state index is 0.355. The highest BCUT2D eigenvalue weighted by atomic mass is 79.9. The Balaban J connectivity index is 3.21. The lowest BCUT2D eigenvalue weighted by atomic mass is 10.0. The molecule has 0 aliphatic carbocycles. The summed E-state index contributed by atoms with van der Waals surface area (Å²) in [5, 5.41) is 8.98. The summed E-state index contributed by atoms with van der Waals surface area (Å²) in [5.41, 5.74) is -0.224. The van der Waals surface area contributed by atoms with Crippen LogP contribution in [0.5, 0.6) is 5.75 Å². The monoisotopic (exact) mass is 343 g/mol. The van der Waals surface area contributed by atoms with Gasteiger partial charge >= 0.3 is 5.97 Å². The molecule has 0 aliphatic heterocycles. The summed E-state index contributed by atoms with van der Waals surface area (Å²) in [6, 6.07) is 5.01. The number of halogens is 1. The van der Waals surface area contributed by atoms with E-state index in [9.17, 15) is 9.59 Å². The number of ether oxygens (including phenoxy) is 1. The van der Waals surface area contributed by atoms with Gasteiger partial charge in [-0.25, -0.2) is 0 Å². The van der Waals surface area contributed by atoms with E-state index in [-0.39, 0.29) is 12.5 Å². The van der Waals surface area contributed by atoms with Crippen LogP contribution in [0.1, 0.15) is 31.1 Å². The van der Waals surface area contributed by atoms with Crippen LogP contribution in [0.15, 0.2) is 22.7 Å². The maximum atomic E-state index is 12.6. The van der Waals surface area contributed by atoms with Crippen molar-refractivity contribution in [1.82, 2.24) is 4.90 Å². The summed E-state index contributed by atoms with van der Waals surface area (Å²) < 4.78 is 5.70. The summed E-state index contributed by atoms with van der Waals surface area (Å²) in [7, 11) is 1.51. The molecule has 0 aliphatic rings. The Labute approximate surface area is 126 Å². The van der Waals surface area contributed by atoms with Crippen molar-refractivity contribution >= 4 is 27.8 Å². The molecule has 0 spiro atoms. The Morgan fingerprint density at radius 1 is 1.35 bits per heavy atom. The van der Waals surface area contributed by atoms with Gasteiger partial charge in [-0.15, -0.1) is 0 Å². The van der Waals surface area contributed by atoms with Gasteiger partial charge in [0.05, 0.1) is 12.7 Å². The van der Waals surface area contributed by atoms with Crippen molar-refractivity contribution in [2.75, 3.05) is 13.7 Å². The van der Waals surface area contributed by atoms with E-state index >= 15 is 0 Å². The molecule has 0 fully saturated rings. The molecular weight excluding hydrogens is 326 g/mol. The number of carboxylic acid groups (broad SMARTS) is 1. The second-order valence-electron chi connectivity index (χ2n) is 5.30. The SMILES string of the molecule is COc1ccc(Br)c(C(=O)N(CC(=O)O)C(C)(C)C)c1. The van der Waals surface area contributed by atoms with Crippen molar-refractivity contribution in [3.05, 3.63) is 28.2 Å². The van der Waals surface area contributed by atoms with E-state index in [1.807, 2.05) is 0 Å². The fourth-order valence-corrected chi connectivity index (χ4v) is 2.11. The third-order valence-electron chi connectivity index (χ3n) is 2.75. The Kier molecular flexibility index (Phi) is 5.16. The van der Waals surface area contributed by atoms with Crippen LogP contribution < -0.4 is 4.74 Å². The largest absolute Gasteiger partial charge is 0.497 e. The van der Waals surface area contributed by atoms with Gasteiger partial charge in [0.2, 0.25) is 0 Å². The van der Waals surface area contributed by atoms with Gasteiger partial charge in [0.15, 0.2) is 0 Å². The molecule has 1 aromatic rings. The molecule has 1 N–H and O–H groups in total. The Hall–Kier alpha value is -1.56. The van der Waals surface area contributed by atoms with Gasteiger partial charge in [-0.2, -0.15) is 0 Å². The fraction of sp³-hybridized carbons (Fsp3) is 0.429. The number of methoxy groups -OCH3 is 1. The van der Waals surface area contributed by atoms with Gasteiger partial charge in [0, 0.05) is 10.0 Å².